The summed E-state index contributed by atoms with van der Waals surface area (Å²) in [5.41, 5.74) is 2.25. The number of halogens is 1. The van der Waals surface area contributed by atoms with Crippen molar-refractivity contribution in [3.8, 4) is 0 Å². The monoisotopic (exact) mass is 284 g/mol. The molecule has 0 saturated carbocycles. The molecule has 2 aromatic carbocycles. The largest absolute Gasteiger partial charge is 0.311 e. The Kier molecular flexibility index (Phi) is 2.43. The molecule has 2 aliphatic rings. The summed E-state index contributed by atoms with van der Waals surface area (Å²) in [6.45, 7) is 1.49. The van der Waals surface area contributed by atoms with Crippen LogP contribution in [0, 0.1) is 0 Å². The first kappa shape index (κ1) is 11.9. The van der Waals surface area contributed by atoms with Crippen LogP contribution in [0.1, 0.15) is 21.5 Å². The Labute approximate surface area is 122 Å². The zero-order valence-corrected chi connectivity index (χ0v) is 11.5. The molecule has 4 heteroatoms. The topological polar surface area (TPSA) is 32.3 Å². The Balaban J connectivity index is 2.01. The normalized spacial score (nSPS) is 23.9. The van der Waals surface area contributed by atoms with Gasteiger partial charge >= 0.3 is 0 Å². The summed E-state index contributed by atoms with van der Waals surface area (Å²) < 4.78 is 0. The van der Waals surface area contributed by atoms with E-state index in [9.17, 15) is 4.79 Å². The zero-order chi connectivity index (χ0) is 13.7. The Morgan fingerprint density at radius 1 is 1.15 bits per heavy atom. The maximum absolute atomic E-state index is 12.6. The van der Waals surface area contributed by atoms with E-state index in [0.717, 1.165) is 23.2 Å². The lowest BCUT2D eigenvalue weighted by molar-refractivity contribution is 0.0694. The molecule has 20 heavy (non-hydrogen) atoms. The molecule has 0 bridgehead atoms. The minimum atomic E-state index is -0.557. The van der Waals surface area contributed by atoms with Crippen molar-refractivity contribution in [2.24, 2.45) is 0 Å². The number of carbonyl (C=O) groups excluding carboxylic acids is 1. The third-order valence-electron chi connectivity index (χ3n) is 4.16. The van der Waals surface area contributed by atoms with E-state index in [4.69, 9.17) is 11.6 Å². The van der Waals surface area contributed by atoms with Crippen LogP contribution in [0.4, 0.5) is 0 Å². The van der Waals surface area contributed by atoms with E-state index in [2.05, 4.69) is 5.32 Å². The molecule has 0 aliphatic carbocycles. The van der Waals surface area contributed by atoms with Gasteiger partial charge in [-0.25, -0.2) is 0 Å². The van der Waals surface area contributed by atoms with Gasteiger partial charge in [-0.2, -0.15) is 0 Å². The van der Waals surface area contributed by atoms with Crippen molar-refractivity contribution >= 4 is 17.5 Å². The van der Waals surface area contributed by atoms with Crippen LogP contribution < -0.4 is 5.32 Å². The highest BCUT2D eigenvalue weighted by molar-refractivity contribution is 6.30. The number of amides is 1. The van der Waals surface area contributed by atoms with Gasteiger partial charge in [0.15, 0.2) is 0 Å². The predicted octanol–water partition coefficient (Wildman–Crippen LogP) is 2.60. The average Bonchev–Trinajstić information content (AvgIpc) is 3.00. The molecule has 2 heterocycles. The second-order valence-electron chi connectivity index (χ2n) is 5.15. The summed E-state index contributed by atoms with van der Waals surface area (Å²) in [7, 11) is 0. The molecule has 1 fully saturated rings. The van der Waals surface area contributed by atoms with Crippen molar-refractivity contribution in [3.63, 3.8) is 0 Å². The van der Waals surface area contributed by atoms with Gasteiger partial charge in [0.2, 0.25) is 0 Å². The minimum absolute atomic E-state index is 0.0885. The van der Waals surface area contributed by atoms with Gasteiger partial charge < -0.3 is 4.90 Å². The molecule has 100 valence electrons. The van der Waals surface area contributed by atoms with Crippen molar-refractivity contribution in [2.75, 3.05) is 13.1 Å². The van der Waals surface area contributed by atoms with Crippen LogP contribution >= 0.6 is 11.6 Å². The maximum atomic E-state index is 12.6. The first-order valence-electron chi connectivity index (χ1n) is 6.66. The first-order valence-corrected chi connectivity index (χ1v) is 7.04. The lowest BCUT2D eigenvalue weighted by Gasteiger charge is -2.33. The molecule has 0 radical (unpaired) electrons. The van der Waals surface area contributed by atoms with Gasteiger partial charge in [-0.05, 0) is 23.8 Å². The second kappa shape index (κ2) is 4.08. The fourth-order valence-corrected chi connectivity index (χ4v) is 3.55. The maximum Gasteiger partial charge on any atom is 0.256 e. The quantitative estimate of drug-likeness (QED) is 0.873. The Morgan fingerprint density at radius 2 is 2.00 bits per heavy atom. The van der Waals surface area contributed by atoms with Gasteiger partial charge in [-0.1, -0.05) is 41.9 Å². The summed E-state index contributed by atoms with van der Waals surface area (Å²) >= 11 is 6.14. The third kappa shape index (κ3) is 1.37. The molecular weight excluding hydrogens is 272 g/mol. The Bertz CT molecular complexity index is 715. The molecule has 0 spiro atoms. The van der Waals surface area contributed by atoms with Gasteiger partial charge in [0.1, 0.15) is 5.66 Å². The van der Waals surface area contributed by atoms with Crippen LogP contribution in [0.15, 0.2) is 48.5 Å². The van der Waals surface area contributed by atoms with Crippen LogP contribution in [0.3, 0.4) is 0 Å². The van der Waals surface area contributed by atoms with Gasteiger partial charge in [0.05, 0.1) is 0 Å². The smallest absolute Gasteiger partial charge is 0.256 e. The van der Waals surface area contributed by atoms with Gasteiger partial charge in [0.25, 0.3) is 5.91 Å². The van der Waals surface area contributed by atoms with Gasteiger partial charge in [0, 0.05) is 29.2 Å². The molecule has 1 amide bonds. The number of carbonyl (C=O) groups is 1. The molecule has 1 atom stereocenters. The van der Waals surface area contributed by atoms with Crippen LogP contribution in [0.2, 0.25) is 5.02 Å². The lowest BCUT2D eigenvalue weighted by atomic mass is 9.91. The van der Waals surface area contributed by atoms with E-state index in [0.29, 0.717) is 11.6 Å². The summed E-state index contributed by atoms with van der Waals surface area (Å²) in [5.74, 6) is 0.0885. The second-order valence-corrected chi connectivity index (χ2v) is 5.59. The zero-order valence-electron chi connectivity index (χ0n) is 10.8. The van der Waals surface area contributed by atoms with E-state index >= 15 is 0 Å². The SMILES string of the molecule is O=C1c2ccccc2[C@@]2(c3cccc(Cl)c3)NCCN12. The van der Waals surface area contributed by atoms with Crippen LogP contribution in [-0.4, -0.2) is 23.9 Å². The highest BCUT2D eigenvalue weighted by atomic mass is 35.5. The number of hydrogen-bond acceptors (Lipinski definition) is 2. The fraction of sp³-hybridized carbons (Fsp3) is 0.188. The molecule has 0 aromatic heterocycles. The van der Waals surface area contributed by atoms with Crippen LogP contribution in [0.5, 0.6) is 0 Å². The van der Waals surface area contributed by atoms with Crippen molar-refractivity contribution in [2.45, 2.75) is 5.66 Å². The number of hydrogen-bond donors (Lipinski definition) is 1. The van der Waals surface area contributed by atoms with Crippen molar-refractivity contribution in [1.82, 2.24) is 10.2 Å². The predicted molar refractivity (Wildman–Crippen MR) is 77.7 cm³/mol. The average molecular weight is 285 g/mol. The number of fused-ring (bicyclic) bond motifs is 3. The van der Waals surface area contributed by atoms with Gasteiger partial charge in [-0.3, -0.25) is 10.1 Å². The number of rotatable bonds is 1. The minimum Gasteiger partial charge on any atom is -0.311 e. The highest BCUT2D eigenvalue weighted by Crippen LogP contribution is 2.44. The van der Waals surface area contributed by atoms with E-state index in [1.165, 1.54) is 0 Å². The van der Waals surface area contributed by atoms with Crippen molar-refractivity contribution < 1.29 is 4.79 Å². The molecule has 0 unspecified atom stereocenters. The molecule has 3 nitrogen and oxygen atoms in total. The van der Waals surface area contributed by atoms with E-state index in [1.54, 1.807) is 0 Å². The molecular formula is C16H13ClN2O. The Morgan fingerprint density at radius 3 is 2.85 bits per heavy atom. The molecule has 4 rings (SSSR count). The first-order chi connectivity index (χ1) is 9.73. The van der Waals surface area contributed by atoms with E-state index < -0.39 is 5.66 Å². The molecule has 2 aliphatic heterocycles. The lowest BCUT2D eigenvalue weighted by Crippen LogP contribution is -2.46. The van der Waals surface area contributed by atoms with Crippen LogP contribution in [-0.2, 0) is 5.66 Å². The van der Waals surface area contributed by atoms with Crippen LogP contribution in [0.25, 0.3) is 0 Å². The number of benzene rings is 2. The van der Waals surface area contributed by atoms with E-state index in [-0.39, 0.29) is 5.91 Å². The summed E-state index contributed by atoms with van der Waals surface area (Å²) in [6.07, 6.45) is 0. The highest BCUT2D eigenvalue weighted by Gasteiger charge is 2.53. The van der Waals surface area contributed by atoms with Crippen molar-refractivity contribution in [1.29, 1.82) is 0 Å². The number of nitrogens with one attached hydrogen (secondary N) is 1. The van der Waals surface area contributed by atoms with Crippen molar-refractivity contribution in [3.05, 3.63) is 70.2 Å². The number of nitrogens with zero attached hydrogens (tertiary/aromatic N) is 1. The van der Waals surface area contributed by atoms with E-state index in [1.807, 2.05) is 53.4 Å². The fourth-order valence-electron chi connectivity index (χ4n) is 3.36. The molecule has 2 aromatic rings. The van der Waals surface area contributed by atoms with Gasteiger partial charge in [-0.15, -0.1) is 0 Å². The molecule has 1 N–H and O–H groups in total. The Hall–Kier alpha value is -1.84. The standard InChI is InChI=1S/C16H13ClN2O/c17-12-5-3-4-11(10-12)16-14-7-2-1-6-13(14)15(20)19(16)9-8-18-16/h1-7,10,18H,8-9H2/t16-/m0/s1. The molecule has 1 saturated heterocycles. The summed E-state index contributed by atoms with van der Waals surface area (Å²) in [4.78, 5) is 14.5. The summed E-state index contributed by atoms with van der Waals surface area (Å²) in [6, 6.07) is 15.5. The summed E-state index contributed by atoms with van der Waals surface area (Å²) in [5, 5.41) is 4.19. The third-order valence-corrected chi connectivity index (χ3v) is 4.39.